The Morgan fingerprint density at radius 2 is 1.56 bits per heavy atom. The number of halogens is 2. The van der Waals surface area contributed by atoms with Gasteiger partial charge in [-0.25, -0.2) is 4.39 Å². The number of unbranched alkanes of at least 4 members (excludes halogenated alkanes) is 1. The zero-order valence-electron chi connectivity index (χ0n) is 20.2. The van der Waals surface area contributed by atoms with Crippen LogP contribution < -0.4 is 5.32 Å². The molecule has 34 heavy (non-hydrogen) atoms. The molecular formula is C29H35ClFN3. The fourth-order valence-electron chi connectivity index (χ4n) is 4.01. The van der Waals surface area contributed by atoms with Crippen molar-refractivity contribution in [2.24, 2.45) is 0 Å². The summed E-state index contributed by atoms with van der Waals surface area (Å²) in [6.07, 6.45) is 4.36. The van der Waals surface area contributed by atoms with E-state index in [9.17, 15) is 4.39 Å². The second-order valence-corrected chi connectivity index (χ2v) is 8.96. The summed E-state index contributed by atoms with van der Waals surface area (Å²) >= 11 is 6.41. The molecule has 0 fully saturated rings. The summed E-state index contributed by atoms with van der Waals surface area (Å²) in [5, 5.41) is 3.72. The van der Waals surface area contributed by atoms with Crippen molar-refractivity contribution in [3.05, 3.63) is 118 Å². The molecule has 0 aliphatic heterocycles. The van der Waals surface area contributed by atoms with Crippen LogP contribution in [0.1, 0.15) is 36.5 Å². The van der Waals surface area contributed by atoms with Gasteiger partial charge in [-0.3, -0.25) is 4.90 Å². The van der Waals surface area contributed by atoms with Crippen LogP contribution in [0.3, 0.4) is 0 Å². The summed E-state index contributed by atoms with van der Waals surface area (Å²) in [4.78, 5) is 4.82. The first-order valence-electron chi connectivity index (χ1n) is 11.9. The summed E-state index contributed by atoms with van der Waals surface area (Å²) in [6.45, 7) is 6.19. The average molecular weight is 480 g/mol. The normalized spacial score (nSPS) is 11.6. The molecule has 180 valence electrons. The number of hydrogen-bond acceptors (Lipinski definition) is 3. The second kappa shape index (κ2) is 13.8. The largest absolute Gasteiger partial charge is 0.393 e. The Morgan fingerprint density at radius 1 is 0.912 bits per heavy atom. The van der Waals surface area contributed by atoms with Crippen molar-refractivity contribution >= 4 is 11.6 Å². The van der Waals surface area contributed by atoms with Gasteiger partial charge in [0, 0.05) is 56.7 Å². The number of rotatable bonds is 13. The Labute approximate surface area is 208 Å². The third-order valence-electron chi connectivity index (χ3n) is 5.76. The van der Waals surface area contributed by atoms with Crippen molar-refractivity contribution in [2.75, 3.05) is 20.1 Å². The molecule has 0 unspecified atom stereocenters. The van der Waals surface area contributed by atoms with Crippen LogP contribution in [0.15, 0.2) is 90.8 Å². The Balaban J connectivity index is 1.87. The van der Waals surface area contributed by atoms with Crippen LogP contribution >= 0.6 is 11.6 Å². The fourth-order valence-corrected chi connectivity index (χ4v) is 4.24. The van der Waals surface area contributed by atoms with Crippen molar-refractivity contribution in [3.8, 4) is 0 Å². The van der Waals surface area contributed by atoms with E-state index < -0.39 is 0 Å². The number of nitrogens with one attached hydrogen (secondary N) is 1. The first kappa shape index (κ1) is 25.8. The lowest BCUT2D eigenvalue weighted by Crippen LogP contribution is -2.34. The fraction of sp³-hybridized carbons (Fsp3) is 0.310. The molecule has 0 aliphatic carbocycles. The molecular weight excluding hydrogens is 445 g/mol. The maximum Gasteiger partial charge on any atom is 0.124 e. The minimum Gasteiger partial charge on any atom is -0.393 e. The maximum absolute atomic E-state index is 13.7. The summed E-state index contributed by atoms with van der Waals surface area (Å²) in [5.41, 5.74) is 4.66. The van der Waals surface area contributed by atoms with E-state index in [0.29, 0.717) is 11.6 Å². The van der Waals surface area contributed by atoms with Gasteiger partial charge in [0.15, 0.2) is 0 Å². The summed E-state index contributed by atoms with van der Waals surface area (Å²) in [6, 6.07) is 25.7. The third-order valence-corrected chi connectivity index (χ3v) is 6.11. The quantitative estimate of drug-likeness (QED) is 0.289. The van der Waals surface area contributed by atoms with E-state index in [1.165, 1.54) is 29.0 Å². The molecule has 3 aromatic rings. The van der Waals surface area contributed by atoms with E-state index in [1.807, 2.05) is 13.1 Å². The summed E-state index contributed by atoms with van der Waals surface area (Å²) in [7, 11) is 1.94. The van der Waals surface area contributed by atoms with Crippen LogP contribution in [0.2, 0.25) is 5.02 Å². The maximum atomic E-state index is 13.7. The smallest absolute Gasteiger partial charge is 0.124 e. The molecule has 1 N–H and O–H groups in total. The molecule has 0 heterocycles. The molecule has 3 nitrogen and oxygen atoms in total. The van der Waals surface area contributed by atoms with Crippen LogP contribution in [0.4, 0.5) is 4.39 Å². The summed E-state index contributed by atoms with van der Waals surface area (Å²) < 4.78 is 13.7. The summed E-state index contributed by atoms with van der Waals surface area (Å²) in [5.74, 6) is -0.312. The molecule has 3 rings (SSSR count). The van der Waals surface area contributed by atoms with Crippen LogP contribution in [-0.2, 0) is 19.6 Å². The van der Waals surface area contributed by atoms with Crippen molar-refractivity contribution in [3.63, 3.8) is 0 Å². The van der Waals surface area contributed by atoms with Gasteiger partial charge in [-0.15, -0.1) is 0 Å². The van der Waals surface area contributed by atoms with Gasteiger partial charge < -0.3 is 10.2 Å². The van der Waals surface area contributed by atoms with Crippen LogP contribution in [0, 0.1) is 5.82 Å². The molecule has 0 saturated heterocycles. The molecule has 0 atom stereocenters. The molecule has 0 aromatic heterocycles. The van der Waals surface area contributed by atoms with E-state index in [2.05, 4.69) is 82.8 Å². The Kier molecular flexibility index (Phi) is 10.5. The van der Waals surface area contributed by atoms with Crippen molar-refractivity contribution < 1.29 is 4.39 Å². The topological polar surface area (TPSA) is 18.5 Å². The molecule has 0 radical (unpaired) electrons. The van der Waals surface area contributed by atoms with Crippen LogP contribution in [0.5, 0.6) is 0 Å². The number of hydrogen-bond donors (Lipinski definition) is 1. The molecule has 0 spiro atoms. The van der Waals surface area contributed by atoms with Gasteiger partial charge in [-0.1, -0.05) is 91.7 Å². The zero-order valence-corrected chi connectivity index (χ0v) is 20.9. The lowest BCUT2D eigenvalue weighted by molar-refractivity contribution is 0.229. The van der Waals surface area contributed by atoms with E-state index in [4.69, 9.17) is 11.6 Å². The van der Waals surface area contributed by atoms with Gasteiger partial charge in [0.05, 0.1) is 0 Å². The highest BCUT2D eigenvalue weighted by atomic mass is 35.5. The highest BCUT2D eigenvalue weighted by Gasteiger charge is 2.17. The lowest BCUT2D eigenvalue weighted by atomic mass is 10.1. The van der Waals surface area contributed by atoms with E-state index in [0.717, 1.165) is 44.6 Å². The number of nitrogens with zero attached hydrogens (tertiary/aromatic N) is 2. The highest BCUT2D eigenvalue weighted by Crippen LogP contribution is 2.22. The first-order valence-corrected chi connectivity index (χ1v) is 12.3. The zero-order chi connectivity index (χ0) is 24.2. The Morgan fingerprint density at radius 3 is 2.15 bits per heavy atom. The van der Waals surface area contributed by atoms with Crippen LogP contribution in [0.25, 0.3) is 0 Å². The molecule has 0 saturated carbocycles. The minimum absolute atomic E-state index is 0.312. The molecule has 0 aliphatic rings. The van der Waals surface area contributed by atoms with E-state index in [1.54, 1.807) is 6.07 Å². The van der Waals surface area contributed by atoms with Gasteiger partial charge in [-0.2, -0.15) is 0 Å². The SMILES string of the molecule is CCCCN(Cc1ccccc1)/C(=C\NC)CN(Cc1ccccc1)Cc1ccc(F)cc1Cl. The van der Waals surface area contributed by atoms with Gasteiger partial charge >= 0.3 is 0 Å². The van der Waals surface area contributed by atoms with Gasteiger partial charge in [0.1, 0.15) is 5.82 Å². The second-order valence-electron chi connectivity index (χ2n) is 8.55. The first-order chi connectivity index (χ1) is 16.6. The monoisotopic (exact) mass is 479 g/mol. The predicted molar refractivity (Wildman–Crippen MR) is 141 cm³/mol. The van der Waals surface area contributed by atoms with Gasteiger partial charge in [-0.05, 0) is 35.2 Å². The average Bonchev–Trinajstić information content (AvgIpc) is 2.84. The van der Waals surface area contributed by atoms with Gasteiger partial charge in [0.2, 0.25) is 0 Å². The van der Waals surface area contributed by atoms with Crippen molar-refractivity contribution in [1.82, 2.24) is 15.1 Å². The van der Waals surface area contributed by atoms with Crippen molar-refractivity contribution in [1.29, 1.82) is 0 Å². The Bertz CT molecular complexity index is 1020. The van der Waals surface area contributed by atoms with Gasteiger partial charge in [0.25, 0.3) is 0 Å². The molecule has 5 heteroatoms. The minimum atomic E-state index is -0.312. The lowest BCUT2D eigenvalue weighted by Gasteiger charge is -2.32. The molecule has 0 amide bonds. The van der Waals surface area contributed by atoms with E-state index in [-0.39, 0.29) is 5.82 Å². The van der Waals surface area contributed by atoms with E-state index >= 15 is 0 Å². The molecule has 3 aromatic carbocycles. The highest BCUT2D eigenvalue weighted by molar-refractivity contribution is 6.31. The van der Waals surface area contributed by atoms with Crippen molar-refractivity contribution in [2.45, 2.75) is 39.4 Å². The Hall–Kier alpha value is -2.82. The predicted octanol–water partition coefficient (Wildman–Crippen LogP) is 6.84. The number of benzene rings is 3. The molecule has 0 bridgehead atoms. The van der Waals surface area contributed by atoms with Crippen LogP contribution in [-0.4, -0.2) is 29.9 Å². The third kappa shape index (κ3) is 8.19. The standard InChI is InChI=1S/C29H35ClFN3/c1-3-4-17-34(21-25-13-9-6-10-14-25)28(19-32-2)23-33(20-24-11-7-5-8-12-24)22-26-15-16-27(31)18-29(26)30/h5-16,18-19,32H,3-4,17,20-23H2,1-2H3/b28-19-.